The lowest BCUT2D eigenvalue weighted by Crippen LogP contribution is -2.59. The fourth-order valence-corrected chi connectivity index (χ4v) is 6.30. The molecule has 266 valence electrons. The minimum absolute atomic E-state index is 0.0454. The molecule has 0 saturated heterocycles. The van der Waals surface area contributed by atoms with Gasteiger partial charge in [-0.3, -0.25) is 24.5 Å². The van der Waals surface area contributed by atoms with Gasteiger partial charge in [0, 0.05) is 5.56 Å². The maximum Gasteiger partial charge on any atom is 0.325 e. The van der Waals surface area contributed by atoms with Crippen molar-refractivity contribution in [1.29, 1.82) is 0 Å². The van der Waals surface area contributed by atoms with E-state index in [1.54, 1.807) is 30.3 Å². The van der Waals surface area contributed by atoms with Gasteiger partial charge in [-0.2, -0.15) is 0 Å². The van der Waals surface area contributed by atoms with E-state index in [1.165, 1.54) is 0 Å². The summed E-state index contributed by atoms with van der Waals surface area (Å²) in [4.78, 5) is 53.1. The number of ether oxygens (including phenoxy) is 1. The first-order valence-corrected chi connectivity index (χ1v) is 17.6. The van der Waals surface area contributed by atoms with Gasteiger partial charge in [-0.15, -0.1) is 0 Å². The number of ketones is 1. The zero-order valence-corrected chi connectivity index (χ0v) is 29.5. The Morgan fingerprint density at radius 2 is 1.06 bits per heavy atom. The molecule has 8 nitrogen and oxygen atoms in total. The smallest absolute Gasteiger partial charge is 0.325 e. The van der Waals surface area contributed by atoms with Crippen LogP contribution in [0.1, 0.15) is 52.9 Å². The van der Waals surface area contributed by atoms with Gasteiger partial charge in [0.25, 0.3) is 0 Å². The van der Waals surface area contributed by atoms with Crippen molar-refractivity contribution in [3.8, 4) is 0 Å². The van der Waals surface area contributed by atoms with Gasteiger partial charge in [0.1, 0.15) is 12.6 Å². The third-order valence-corrected chi connectivity index (χ3v) is 8.82. The van der Waals surface area contributed by atoms with Crippen LogP contribution in [-0.4, -0.2) is 48.8 Å². The number of nitrogens with one attached hydrogen (secondary N) is 3. The van der Waals surface area contributed by atoms with Gasteiger partial charge in [0.05, 0.1) is 11.6 Å². The van der Waals surface area contributed by atoms with E-state index in [0.29, 0.717) is 18.4 Å². The number of rotatable bonds is 17. The highest BCUT2D eigenvalue weighted by molar-refractivity contribution is 5.98. The molecule has 3 N–H and O–H groups in total. The van der Waals surface area contributed by atoms with Crippen LogP contribution in [0.15, 0.2) is 152 Å². The summed E-state index contributed by atoms with van der Waals surface area (Å²) >= 11 is 0. The van der Waals surface area contributed by atoms with Gasteiger partial charge < -0.3 is 15.4 Å². The summed E-state index contributed by atoms with van der Waals surface area (Å²) in [5, 5.41) is 9.44. The van der Waals surface area contributed by atoms with Crippen LogP contribution in [0.4, 0.5) is 0 Å². The van der Waals surface area contributed by atoms with Crippen LogP contribution in [0.5, 0.6) is 0 Å². The van der Waals surface area contributed by atoms with Crippen LogP contribution in [0.2, 0.25) is 0 Å². The first-order valence-electron chi connectivity index (χ1n) is 17.6. The van der Waals surface area contributed by atoms with Crippen molar-refractivity contribution in [2.45, 2.75) is 44.3 Å². The molecule has 0 radical (unpaired) electrons. The number of Topliss-reactive ketones (excluding diaryl/α,β-unsaturated/α-hetero) is 1. The zero-order valence-electron chi connectivity index (χ0n) is 29.5. The van der Waals surface area contributed by atoms with E-state index in [1.807, 2.05) is 135 Å². The molecule has 52 heavy (non-hydrogen) atoms. The molecule has 2 amide bonds. The second-order valence-corrected chi connectivity index (χ2v) is 13.1. The molecule has 2 atom stereocenters. The molecule has 0 saturated carbocycles. The first kappa shape index (κ1) is 37.4. The molecule has 8 heteroatoms. The Balaban J connectivity index is 1.41. The van der Waals surface area contributed by atoms with Gasteiger partial charge in [0.15, 0.2) is 12.4 Å². The number of hydrogen-bond donors (Lipinski definition) is 3. The summed E-state index contributed by atoms with van der Waals surface area (Å²) in [6.07, 6.45) is 0.664. The number of carbonyl (C=O) groups is 4. The van der Waals surface area contributed by atoms with Crippen molar-refractivity contribution in [3.63, 3.8) is 0 Å². The predicted molar refractivity (Wildman–Crippen MR) is 202 cm³/mol. The lowest BCUT2D eigenvalue weighted by atomic mass is 9.76. The molecule has 0 spiro atoms. The number of amides is 2. The molecule has 0 bridgehead atoms. The highest BCUT2D eigenvalue weighted by atomic mass is 16.5. The normalized spacial score (nSPS) is 12.4. The third-order valence-electron chi connectivity index (χ3n) is 8.82. The van der Waals surface area contributed by atoms with Gasteiger partial charge in [-0.05, 0) is 41.0 Å². The lowest BCUT2D eigenvalue weighted by molar-refractivity contribution is -0.143. The SMILES string of the molecule is CC(C)C[C@H](NC(=O)[C@H](Cc1ccccc1)NC(c1ccccc1)(c1ccccc1)c1ccccc1)C(=O)NCC(=O)OCC(=O)c1ccccc1. The summed E-state index contributed by atoms with van der Waals surface area (Å²) in [6, 6.07) is 46.6. The van der Waals surface area contributed by atoms with E-state index in [-0.39, 0.29) is 17.6 Å². The molecule has 0 aliphatic rings. The summed E-state index contributed by atoms with van der Waals surface area (Å²) < 4.78 is 5.14. The van der Waals surface area contributed by atoms with E-state index in [9.17, 15) is 19.2 Å². The van der Waals surface area contributed by atoms with Gasteiger partial charge in [-0.1, -0.05) is 166 Å². The molecular weight excluding hydrogens is 651 g/mol. The Labute approximate surface area is 305 Å². The molecule has 5 rings (SSSR count). The number of carbonyl (C=O) groups excluding carboxylic acids is 4. The predicted octanol–water partition coefficient (Wildman–Crippen LogP) is 6.25. The molecule has 0 fully saturated rings. The monoisotopic (exact) mass is 695 g/mol. The first-order chi connectivity index (χ1) is 25.3. The number of benzene rings is 5. The van der Waals surface area contributed by atoms with Crippen molar-refractivity contribution >= 4 is 23.6 Å². The fraction of sp³-hybridized carbons (Fsp3) is 0.227. The average molecular weight is 696 g/mol. The second kappa shape index (κ2) is 18.4. The van der Waals surface area contributed by atoms with Crippen LogP contribution in [0, 0.1) is 5.92 Å². The topological polar surface area (TPSA) is 114 Å². The highest BCUT2D eigenvalue weighted by Gasteiger charge is 2.40. The van der Waals surface area contributed by atoms with E-state index in [2.05, 4.69) is 16.0 Å². The summed E-state index contributed by atoms with van der Waals surface area (Å²) in [7, 11) is 0. The summed E-state index contributed by atoms with van der Waals surface area (Å²) in [5.41, 5.74) is 3.25. The third kappa shape index (κ3) is 9.89. The van der Waals surface area contributed by atoms with E-state index < -0.39 is 42.7 Å². The lowest BCUT2D eigenvalue weighted by Gasteiger charge is -2.40. The van der Waals surface area contributed by atoms with Gasteiger partial charge in [0.2, 0.25) is 11.8 Å². The van der Waals surface area contributed by atoms with Crippen LogP contribution in [-0.2, 0) is 31.1 Å². The Kier molecular flexibility index (Phi) is 13.2. The molecule has 0 heterocycles. The Bertz CT molecular complexity index is 1790. The number of esters is 1. The maximum absolute atomic E-state index is 14.6. The summed E-state index contributed by atoms with van der Waals surface area (Å²) in [5.74, 6) is -1.95. The maximum atomic E-state index is 14.6. The molecular formula is C44H45N3O5. The minimum Gasteiger partial charge on any atom is -0.456 e. The van der Waals surface area contributed by atoms with Crippen LogP contribution >= 0.6 is 0 Å². The second-order valence-electron chi connectivity index (χ2n) is 13.1. The molecule has 5 aromatic carbocycles. The van der Waals surface area contributed by atoms with Crippen LogP contribution < -0.4 is 16.0 Å². The standard InChI is InChI=1S/C44H45N3O5/c1-32(2)28-38(42(50)45-30-41(49)52-31-40(48)34-20-10-4-11-21-34)46-43(51)39(29-33-18-8-3-9-19-33)47-44(35-22-12-5-13-23-35,36-24-14-6-15-25-36)37-26-16-7-17-27-37/h3-27,32,38-39,47H,28-31H2,1-2H3,(H,45,50)(H,46,51)/t38-,39-/m0/s1. The Morgan fingerprint density at radius 3 is 1.54 bits per heavy atom. The zero-order chi connectivity index (χ0) is 36.8. The minimum atomic E-state index is -0.947. The van der Waals surface area contributed by atoms with Crippen molar-refractivity contribution in [2.75, 3.05) is 13.2 Å². The molecule has 5 aromatic rings. The van der Waals surface area contributed by atoms with E-state index >= 15 is 0 Å². The van der Waals surface area contributed by atoms with Gasteiger partial charge in [-0.25, -0.2) is 0 Å². The van der Waals surface area contributed by atoms with Crippen molar-refractivity contribution < 1.29 is 23.9 Å². The Hall–Kier alpha value is -5.86. The molecule has 0 aliphatic carbocycles. The Morgan fingerprint density at radius 1 is 0.596 bits per heavy atom. The van der Waals surface area contributed by atoms with E-state index in [4.69, 9.17) is 4.74 Å². The van der Waals surface area contributed by atoms with Crippen molar-refractivity contribution in [1.82, 2.24) is 16.0 Å². The van der Waals surface area contributed by atoms with Crippen molar-refractivity contribution in [2.24, 2.45) is 5.92 Å². The molecule has 0 aliphatic heterocycles. The van der Waals surface area contributed by atoms with Crippen molar-refractivity contribution in [3.05, 3.63) is 179 Å². The molecule has 0 aromatic heterocycles. The molecule has 0 unspecified atom stereocenters. The largest absolute Gasteiger partial charge is 0.456 e. The van der Waals surface area contributed by atoms with Crippen LogP contribution in [0.3, 0.4) is 0 Å². The summed E-state index contributed by atoms with van der Waals surface area (Å²) in [6.45, 7) is 3.03. The van der Waals surface area contributed by atoms with Gasteiger partial charge >= 0.3 is 5.97 Å². The average Bonchev–Trinajstić information content (AvgIpc) is 3.19. The fourth-order valence-electron chi connectivity index (χ4n) is 6.30. The van der Waals surface area contributed by atoms with E-state index in [0.717, 1.165) is 22.3 Å². The quantitative estimate of drug-likeness (QED) is 0.0602. The highest BCUT2D eigenvalue weighted by Crippen LogP contribution is 2.37. The number of hydrogen-bond acceptors (Lipinski definition) is 6. The van der Waals surface area contributed by atoms with Crippen LogP contribution in [0.25, 0.3) is 0 Å².